The van der Waals surface area contributed by atoms with Gasteiger partial charge in [-0.15, -0.1) is 0 Å². The molecule has 2 aromatic rings. The summed E-state index contributed by atoms with van der Waals surface area (Å²) in [6, 6.07) is 4.85. The minimum absolute atomic E-state index is 0.226. The summed E-state index contributed by atoms with van der Waals surface area (Å²) < 4.78 is 10.3. The molecule has 1 aromatic carbocycles. The zero-order valence-corrected chi connectivity index (χ0v) is 10.8. The van der Waals surface area contributed by atoms with Crippen LogP contribution in [0.25, 0.3) is 0 Å². The number of carbonyl (C=O) groups is 1. The highest BCUT2D eigenvalue weighted by atomic mass is 16.5. The number of hydrogen-bond acceptors (Lipinski definition) is 5. The van der Waals surface area contributed by atoms with E-state index in [9.17, 15) is 4.79 Å². The molecule has 0 spiro atoms. The number of anilines is 1. The number of nitrogens with zero attached hydrogens (tertiary/aromatic N) is 1. The molecule has 1 aromatic heterocycles. The first kappa shape index (κ1) is 12.9. The summed E-state index contributed by atoms with van der Waals surface area (Å²) in [4.78, 5) is 16.0. The van der Waals surface area contributed by atoms with E-state index in [0.717, 1.165) is 0 Å². The number of nitrogens with one attached hydrogen (secondary N) is 1. The highest BCUT2D eigenvalue weighted by Gasteiger charge is 2.09. The van der Waals surface area contributed by atoms with E-state index in [1.54, 1.807) is 31.3 Å². The van der Waals surface area contributed by atoms with Gasteiger partial charge in [0.05, 0.1) is 19.9 Å². The molecule has 0 fully saturated rings. The van der Waals surface area contributed by atoms with E-state index in [4.69, 9.17) is 14.9 Å². The molecule has 100 valence electrons. The van der Waals surface area contributed by atoms with Crippen LogP contribution < -0.4 is 15.8 Å². The number of aromatic nitrogens is 1. The number of methoxy groups -OCH3 is 1. The number of rotatable bonds is 4. The lowest BCUT2D eigenvalue weighted by Crippen LogP contribution is -2.23. The Balaban J connectivity index is 2.05. The van der Waals surface area contributed by atoms with Crippen LogP contribution in [0.15, 0.2) is 28.8 Å². The fourth-order valence-corrected chi connectivity index (χ4v) is 1.61. The Labute approximate surface area is 110 Å². The van der Waals surface area contributed by atoms with Crippen molar-refractivity contribution in [3.8, 4) is 5.75 Å². The predicted octanol–water partition coefficient (Wildman–Crippen LogP) is 1.50. The molecule has 0 saturated carbocycles. The fraction of sp³-hybridized carbons (Fsp3) is 0.231. The Bertz CT molecular complexity index is 593. The van der Waals surface area contributed by atoms with E-state index >= 15 is 0 Å². The van der Waals surface area contributed by atoms with E-state index in [1.165, 1.54) is 7.11 Å². The van der Waals surface area contributed by atoms with Crippen LogP contribution in [0.4, 0.5) is 5.69 Å². The van der Waals surface area contributed by atoms with Crippen LogP contribution in [0.2, 0.25) is 0 Å². The van der Waals surface area contributed by atoms with Crippen LogP contribution in [0.3, 0.4) is 0 Å². The fourth-order valence-electron chi connectivity index (χ4n) is 1.61. The second kappa shape index (κ2) is 5.43. The molecule has 0 atom stereocenters. The lowest BCUT2D eigenvalue weighted by Gasteiger charge is -2.06. The van der Waals surface area contributed by atoms with Crippen molar-refractivity contribution in [1.82, 2.24) is 10.3 Å². The number of carbonyl (C=O) groups excluding carboxylic acids is 1. The SMILES string of the molecule is COc1cc(N)cc(C(=O)NCc2ncc(C)o2)c1. The number of hydrogen-bond donors (Lipinski definition) is 2. The Kier molecular flexibility index (Phi) is 3.70. The molecule has 0 unspecified atom stereocenters. The predicted molar refractivity (Wildman–Crippen MR) is 69.8 cm³/mol. The van der Waals surface area contributed by atoms with E-state index in [2.05, 4.69) is 10.3 Å². The maximum absolute atomic E-state index is 12.0. The Hall–Kier alpha value is -2.50. The summed E-state index contributed by atoms with van der Waals surface area (Å²) >= 11 is 0. The second-order valence-corrected chi connectivity index (χ2v) is 4.04. The number of oxazole rings is 1. The molecule has 0 saturated heterocycles. The zero-order valence-electron chi connectivity index (χ0n) is 10.8. The third-order valence-electron chi connectivity index (χ3n) is 2.50. The van der Waals surface area contributed by atoms with Crippen LogP contribution in [0.1, 0.15) is 22.0 Å². The van der Waals surface area contributed by atoms with Crippen molar-refractivity contribution in [3.05, 3.63) is 41.6 Å². The number of nitrogen functional groups attached to an aromatic ring is 1. The topological polar surface area (TPSA) is 90.4 Å². The molecular formula is C13H15N3O3. The molecule has 1 heterocycles. The molecule has 6 heteroatoms. The maximum atomic E-state index is 12.0. The quantitative estimate of drug-likeness (QED) is 0.814. The number of benzene rings is 1. The van der Waals surface area contributed by atoms with Crippen molar-refractivity contribution < 1.29 is 13.9 Å². The Morgan fingerprint density at radius 3 is 2.89 bits per heavy atom. The molecule has 0 aliphatic heterocycles. The van der Waals surface area contributed by atoms with Gasteiger partial charge < -0.3 is 20.2 Å². The summed E-state index contributed by atoms with van der Waals surface area (Å²) in [7, 11) is 1.52. The summed E-state index contributed by atoms with van der Waals surface area (Å²) in [6.07, 6.45) is 1.60. The summed E-state index contributed by atoms with van der Waals surface area (Å²) in [5.74, 6) is 1.44. The number of amides is 1. The first-order valence-electron chi connectivity index (χ1n) is 5.72. The molecule has 2 rings (SSSR count). The van der Waals surface area contributed by atoms with Crippen molar-refractivity contribution in [1.29, 1.82) is 0 Å². The normalized spacial score (nSPS) is 10.2. The number of aryl methyl sites for hydroxylation is 1. The van der Waals surface area contributed by atoms with Gasteiger partial charge >= 0.3 is 0 Å². The standard InChI is InChI=1S/C13H15N3O3/c1-8-6-15-12(19-8)7-16-13(17)9-3-10(14)5-11(4-9)18-2/h3-6H,7,14H2,1-2H3,(H,16,17). The molecule has 19 heavy (non-hydrogen) atoms. The van der Waals surface area contributed by atoms with Crippen LogP contribution in [-0.2, 0) is 6.54 Å². The van der Waals surface area contributed by atoms with E-state index in [0.29, 0.717) is 28.7 Å². The third-order valence-corrected chi connectivity index (χ3v) is 2.50. The van der Waals surface area contributed by atoms with Gasteiger partial charge in [-0.25, -0.2) is 4.98 Å². The van der Waals surface area contributed by atoms with Gasteiger partial charge in [-0.05, 0) is 19.1 Å². The van der Waals surface area contributed by atoms with Gasteiger partial charge in [-0.2, -0.15) is 0 Å². The summed E-state index contributed by atoms with van der Waals surface area (Å²) in [5.41, 5.74) is 6.59. The van der Waals surface area contributed by atoms with Crippen LogP contribution >= 0.6 is 0 Å². The lowest BCUT2D eigenvalue weighted by molar-refractivity contribution is 0.0947. The first-order chi connectivity index (χ1) is 9.08. The molecule has 6 nitrogen and oxygen atoms in total. The lowest BCUT2D eigenvalue weighted by atomic mass is 10.2. The van der Waals surface area contributed by atoms with Crippen LogP contribution in [0.5, 0.6) is 5.75 Å². The maximum Gasteiger partial charge on any atom is 0.251 e. The molecule has 0 radical (unpaired) electrons. The molecular weight excluding hydrogens is 246 g/mol. The average Bonchev–Trinajstić information content (AvgIpc) is 2.81. The van der Waals surface area contributed by atoms with E-state index in [1.807, 2.05) is 0 Å². The number of nitrogens with two attached hydrogens (primary N) is 1. The van der Waals surface area contributed by atoms with Crippen molar-refractivity contribution in [2.75, 3.05) is 12.8 Å². The molecule has 0 aliphatic carbocycles. The van der Waals surface area contributed by atoms with Crippen molar-refractivity contribution in [2.24, 2.45) is 0 Å². The van der Waals surface area contributed by atoms with Crippen molar-refractivity contribution >= 4 is 11.6 Å². The summed E-state index contributed by atoms with van der Waals surface area (Å²) in [5, 5.41) is 2.70. The monoisotopic (exact) mass is 261 g/mol. The molecule has 0 aliphatic rings. The van der Waals surface area contributed by atoms with Gasteiger partial charge in [0.1, 0.15) is 11.5 Å². The van der Waals surface area contributed by atoms with Gasteiger partial charge in [0.15, 0.2) is 0 Å². The van der Waals surface area contributed by atoms with Gasteiger partial charge in [0.2, 0.25) is 5.89 Å². The number of ether oxygens (including phenoxy) is 1. The van der Waals surface area contributed by atoms with Crippen molar-refractivity contribution in [3.63, 3.8) is 0 Å². The Morgan fingerprint density at radius 2 is 2.26 bits per heavy atom. The molecule has 1 amide bonds. The smallest absolute Gasteiger partial charge is 0.251 e. The van der Waals surface area contributed by atoms with E-state index in [-0.39, 0.29) is 12.5 Å². The van der Waals surface area contributed by atoms with Gasteiger partial charge in [-0.1, -0.05) is 0 Å². The Morgan fingerprint density at radius 1 is 1.47 bits per heavy atom. The largest absolute Gasteiger partial charge is 0.497 e. The van der Waals surface area contributed by atoms with Gasteiger partial charge in [0, 0.05) is 17.3 Å². The second-order valence-electron chi connectivity index (χ2n) is 4.04. The van der Waals surface area contributed by atoms with Crippen LogP contribution in [0, 0.1) is 6.92 Å². The molecule has 3 N–H and O–H groups in total. The van der Waals surface area contributed by atoms with Gasteiger partial charge in [-0.3, -0.25) is 4.79 Å². The van der Waals surface area contributed by atoms with E-state index < -0.39 is 0 Å². The van der Waals surface area contributed by atoms with Crippen molar-refractivity contribution in [2.45, 2.75) is 13.5 Å². The minimum Gasteiger partial charge on any atom is -0.497 e. The highest BCUT2D eigenvalue weighted by molar-refractivity contribution is 5.95. The average molecular weight is 261 g/mol. The summed E-state index contributed by atoms with van der Waals surface area (Å²) in [6.45, 7) is 2.02. The molecule has 0 bridgehead atoms. The minimum atomic E-state index is -0.263. The van der Waals surface area contributed by atoms with Crippen LogP contribution in [-0.4, -0.2) is 18.0 Å². The highest BCUT2D eigenvalue weighted by Crippen LogP contribution is 2.18. The third kappa shape index (κ3) is 3.25. The zero-order chi connectivity index (χ0) is 13.8. The van der Waals surface area contributed by atoms with Gasteiger partial charge in [0.25, 0.3) is 5.91 Å². The first-order valence-corrected chi connectivity index (χ1v) is 5.72.